The predicted molar refractivity (Wildman–Crippen MR) is 86.4 cm³/mol. The molecule has 0 bridgehead atoms. The summed E-state index contributed by atoms with van der Waals surface area (Å²) in [5.41, 5.74) is 1.47. The van der Waals surface area contributed by atoms with E-state index in [4.69, 9.17) is 4.74 Å². The lowest BCUT2D eigenvalue weighted by Gasteiger charge is -2.25. The van der Waals surface area contributed by atoms with Crippen LogP contribution in [0.3, 0.4) is 0 Å². The molecular formula is C19H30O. The average Bonchev–Trinajstić information content (AvgIpc) is 2.46. The van der Waals surface area contributed by atoms with Crippen molar-refractivity contribution < 1.29 is 4.74 Å². The molecule has 1 atom stereocenters. The van der Waals surface area contributed by atoms with E-state index in [9.17, 15) is 0 Å². The van der Waals surface area contributed by atoms with Crippen molar-refractivity contribution in [1.82, 2.24) is 0 Å². The van der Waals surface area contributed by atoms with Gasteiger partial charge in [-0.25, -0.2) is 0 Å². The highest BCUT2D eigenvalue weighted by Crippen LogP contribution is 2.33. The van der Waals surface area contributed by atoms with Crippen molar-refractivity contribution in [3.63, 3.8) is 0 Å². The van der Waals surface area contributed by atoms with Crippen LogP contribution < -0.4 is 4.74 Å². The van der Waals surface area contributed by atoms with E-state index in [1.54, 1.807) is 0 Å². The van der Waals surface area contributed by atoms with Crippen molar-refractivity contribution >= 4 is 0 Å². The molecule has 20 heavy (non-hydrogen) atoms. The molecule has 112 valence electrons. The van der Waals surface area contributed by atoms with Gasteiger partial charge in [-0.3, -0.25) is 0 Å². The summed E-state index contributed by atoms with van der Waals surface area (Å²) in [6.45, 7) is 7.54. The molecule has 0 heterocycles. The summed E-state index contributed by atoms with van der Waals surface area (Å²) in [6.07, 6.45) is 8.58. The molecule has 0 amide bonds. The van der Waals surface area contributed by atoms with Crippen LogP contribution in [0, 0.1) is 11.8 Å². The Morgan fingerprint density at radius 3 is 2.25 bits per heavy atom. The number of rotatable bonds is 6. The van der Waals surface area contributed by atoms with E-state index in [1.165, 1.54) is 44.1 Å². The van der Waals surface area contributed by atoms with Crippen LogP contribution in [0.2, 0.25) is 0 Å². The Balaban J connectivity index is 1.84. The fraction of sp³-hybridized carbons (Fsp3) is 0.684. The van der Waals surface area contributed by atoms with Gasteiger partial charge in [-0.15, -0.1) is 0 Å². The molecule has 0 unspecified atom stereocenters. The highest BCUT2D eigenvalue weighted by molar-refractivity contribution is 5.29. The van der Waals surface area contributed by atoms with Crippen LogP contribution >= 0.6 is 0 Å². The van der Waals surface area contributed by atoms with Crippen LogP contribution in [-0.2, 0) is 0 Å². The summed E-state index contributed by atoms with van der Waals surface area (Å²) >= 11 is 0. The van der Waals surface area contributed by atoms with E-state index in [1.807, 2.05) is 0 Å². The maximum Gasteiger partial charge on any atom is 0.119 e. The Labute approximate surface area is 124 Å². The van der Waals surface area contributed by atoms with Gasteiger partial charge in [-0.1, -0.05) is 65.0 Å². The molecule has 1 aliphatic rings. The Hall–Kier alpha value is -0.980. The van der Waals surface area contributed by atoms with E-state index in [-0.39, 0.29) is 0 Å². The van der Waals surface area contributed by atoms with Gasteiger partial charge in [0.05, 0.1) is 6.61 Å². The summed E-state index contributed by atoms with van der Waals surface area (Å²) in [7, 11) is 0. The second kappa shape index (κ2) is 7.71. The lowest BCUT2D eigenvalue weighted by Crippen LogP contribution is -2.09. The minimum absolute atomic E-state index is 0.583. The molecule has 0 aliphatic heterocycles. The highest BCUT2D eigenvalue weighted by Gasteiger charge is 2.17. The van der Waals surface area contributed by atoms with Crippen molar-refractivity contribution in [3.05, 3.63) is 29.8 Å². The molecule has 1 heteroatoms. The van der Waals surface area contributed by atoms with Crippen molar-refractivity contribution in [3.8, 4) is 5.75 Å². The van der Waals surface area contributed by atoms with Crippen LogP contribution in [0.4, 0.5) is 0 Å². The van der Waals surface area contributed by atoms with Crippen molar-refractivity contribution in [2.24, 2.45) is 11.8 Å². The van der Waals surface area contributed by atoms with Gasteiger partial charge in [-0.05, 0) is 41.9 Å². The maximum atomic E-state index is 5.75. The third kappa shape index (κ3) is 4.85. The molecule has 1 aromatic rings. The molecule has 2 rings (SSSR count). The lowest BCUT2D eigenvalue weighted by atomic mass is 9.81. The monoisotopic (exact) mass is 274 g/mol. The predicted octanol–water partition coefficient (Wildman–Crippen LogP) is 5.80. The molecule has 0 spiro atoms. The van der Waals surface area contributed by atoms with Crippen LogP contribution in [0.15, 0.2) is 24.3 Å². The van der Waals surface area contributed by atoms with Crippen LogP contribution in [0.5, 0.6) is 5.75 Å². The Morgan fingerprint density at radius 2 is 1.65 bits per heavy atom. The third-order valence-corrected chi connectivity index (χ3v) is 4.44. The van der Waals surface area contributed by atoms with Gasteiger partial charge < -0.3 is 4.74 Å². The standard InChI is InChI=1S/C19H30O/c1-15(2)14-20-19-11-9-18(10-12-19)16(3)13-17-7-5-4-6-8-17/h9-12,15-17H,4-8,13-14H2,1-3H3/t16-/m0/s1. The minimum atomic E-state index is 0.583. The van der Waals surface area contributed by atoms with Crippen LogP contribution in [-0.4, -0.2) is 6.61 Å². The van der Waals surface area contributed by atoms with Crippen molar-refractivity contribution in [2.45, 2.75) is 65.2 Å². The van der Waals surface area contributed by atoms with Crippen LogP contribution in [0.1, 0.15) is 70.8 Å². The topological polar surface area (TPSA) is 9.23 Å². The second-order valence-electron chi connectivity index (χ2n) is 6.91. The van der Waals surface area contributed by atoms with Crippen LogP contribution in [0.25, 0.3) is 0 Å². The van der Waals surface area contributed by atoms with Gasteiger partial charge in [-0.2, -0.15) is 0 Å². The van der Waals surface area contributed by atoms with E-state index >= 15 is 0 Å². The summed E-state index contributed by atoms with van der Waals surface area (Å²) in [5.74, 6) is 3.22. The van der Waals surface area contributed by atoms with Crippen molar-refractivity contribution in [2.75, 3.05) is 6.61 Å². The average molecular weight is 274 g/mol. The normalized spacial score (nSPS) is 18.2. The first-order chi connectivity index (χ1) is 9.65. The Morgan fingerprint density at radius 1 is 1.00 bits per heavy atom. The van der Waals surface area contributed by atoms with Gasteiger partial charge in [0.1, 0.15) is 5.75 Å². The lowest BCUT2D eigenvalue weighted by molar-refractivity contribution is 0.271. The van der Waals surface area contributed by atoms with E-state index in [0.717, 1.165) is 18.3 Å². The van der Waals surface area contributed by atoms with Gasteiger partial charge in [0.15, 0.2) is 0 Å². The first-order valence-corrected chi connectivity index (χ1v) is 8.38. The minimum Gasteiger partial charge on any atom is -0.493 e. The molecule has 0 N–H and O–H groups in total. The number of ether oxygens (including phenoxy) is 1. The first-order valence-electron chi connectivity index (χ1n) is 8.38. The van der Waals surface area contributed by atoms with Gasteiger partial charge in [0, 0.05) is 0 Å². The van der Waals surface area contributed by atoms with Gasteiger partial charge >= 0.3 is 0 Å². The maximum absolute atomic E-state index is 5.75. The zero-order valence-electron chi connectivity index (χ0n) is 13.4. The van der Waals surface area contributed by atoms with Gasteiger partial charge in [0.25, 0.3) is 0 Å². The SMILES string of the molecule is CC(C)COc1ccc([C@@H](C)CC2CCCCC2)cc1. The molecular weight excluding hydrogens is 244 g/mol. The number of benzene rings is 1. The summed E-state index contributed by atoms with van der Waals surface area (Å²) < 4.78 is 5.75. The molecule has 1 aromatic carbocycles. The molecule has 1 fully saturated rings. The second-order valence-corrected chi connectivity index (χ2v) is 6.91. The van der Waals surface area contributed by atoms with E-state index in [2.05, 4.69) is 45.0 Å². The van der Waals surface area contributed by atoms with Gasteiger partial charge in [0.2, 0.25) is 0 Å². The van der Waals surface area contributed by atoms with Crippen molar-refractivity contribution in [1.29, 1.82) is 0 Å². The first kappa shape index (κ1) is 15.4. The molecule has 1 saturated carbocycles. The molecule has 1 nitrogen and oxygen atoms in total. The van der Waals surface area contributed by atoms with E-state index in [0.29, 0.717) is 11.8 Å². The number of hydrogen-bond acceptors (Lipinski definition) is 1. The summed E-state index contributed by atoms with van der Waals surface area (Å²) in [6, 6.07) is 8.77. The molecule has 1 aliphatic carbocycles. The Kier molecular flexibility index (Phi) is 5.94. The third-order valence-electron chi connectivity index (χ3n) is 4.44. The fourth-order valence-electron chi connectivity index (χ4n) is 3.21. The largest absolute Gasteiger partial charge is 0.493 e. The Bertz CT molecular complexity index is 373. The summed E-state index contributed by atoms with van der Waals surface area (Å²) in [4.78, 5) is 0. The molecule has 0 aromatic heterocycles. The smallest absolute Gasteiger partial charge is 0.119 e. The molecule has 0 saturated heterocycles. The molecule has 0 radical (unpaired) electrons. The summed E-state index contributed by atoms with van der Waals surface area (Å²) in [5, 5.41) is 0. The fourth-order valence-corrected chi connectivity index (χ4v) is 3.21. The highest BCUT2D eigenvalue weighted by atomic mass is 16.5. The van der Waals surface area contributed by atoms with E-state index < -0.39 is 0 Å². The number of hydrogen-bond donors (Lipinski definition) is 0. The zero-order valence-corrected chi connectivity index (χ0v) is 13.4. The quantitative estimate of drug-likeness (QED) is 0.637. The zero-order chi connectivity index (χ0) is 14.4.